The summed E-state index contributed by atoms with van der Waals surface area (Å²) in [7, 11) is 0. The first-order valence-electron chi connectivity index (χ1n) is 8.63. The van der Waals surface area contributed by atoms with Crippen molar-refractivity contribution in [2.45, 2.75) is 6.42 Å². The van der Waals surface area contributed by atoms with Crippen molar-refractivity contribution in [2.75, 3.05) is 24.6 Å². The summed E-state index contributed by atoms with van der Waals surface area (Å²) in [5.74, 6) is -1.93. The molecule has 0 bridgehead atoms. The number of ether oxygens (including phenoxy) is 1. The Kier molecular flexibility index (Phi) is 8.93. The molecule has 0 aliphatic rings. The number of hydrogen-bond donors (Lipinski definition) is 1. The maximum atomic E-state index is 12.5. The normalized spacial score (nSPS) is 10.1. The molecule has 0 radical (unpaired) electrons. The second kappa shape index (κ2) is 11.4. The van der Waals surface area contributed by atoms with Gasteiger partial charge in [0.05, 0.1) is 23.1 Å². The van der Waals surface area contributed by atoms with E-state index in [9.17, 15) is 14.4 Å². The third-order valence-corrected chi connectivity index (χ3v) is 4.58. The van der Waals surface area contributed by atoms with Gasteiger partial charge in [-0.05, 0) is 36.4 Å². The Morgan fingerprint density at radius 1 is 1.07 bits per heavy atom. The third kappa shape index (κ3) is 6.92. The lowest BCUT2D eigenvalue weighted by molar-refractivity contribution is -0.146. The molecule has 2 aromatic carbocycles. The Labute approximate surface area is 188 Å². The van der Waals surface area contributed by atoms with E-state index in [0.29, 0.717) is 15.7 Å². The summed E-state index contributed by atoms with van der Waals surface area (Å²) in [4.78, 5) is 37.8. The van der Waals surface area contributed by atoms with Gasteiger partial charge in [0.25, 0.3) is 11.8 Å². The zero-order valence-electron chi connectivity index (χ0n) is 15.5. The van der Waals surface area contributed by atoms with Gasteiger partial charge in [0.2, 0.25) is 0 Å². The number of halogens is 3. The molecule has 0 fully saturated rings. The van der Waals surface area contributed by atoms with Gasteiger partial charge >= 0.3 is 5.97 Å². The lowest BCUT2D eigenvalue weighted by Gasteiger charge is -2.21. The Balaban J connectivity index is 1.90. The summed E-state index contributed by atoms with van der Waals surface area (Å²) in [6.07, 6.45) is 0.0874. The molecule has 1 N–H and O–H groups in total. The van der Waals surface area contributed by atoms with Crippen molar-refractivity contribution in [2.24, 2.45) is 0 Å². The number of amides is 2. The number of benzene rings is 2. The van der Waals surface area contributed by atoms with Crippen LogP contribution in [0.4, 0.5) is 5.69 Å². The summed E-state index contributed by atoms with van der Waals surface area (Å²) < 4.78 is 4.94. The molecule has 156 valence electrons. The van der Waals surface area contributed by atoms with Gasteiger partial charge in [0, 0.05) is 22.3 Å². The highest BCUT2D eigenvalue weighted by molar-refractivity contribution is 6.36. The number of hydrogen-bond acceptors (Lipinski definition) is 5. The molecule has 0 aliphatic carbocycles. The molecule has 30 heavy (non-hydrogen) atoms. The second-order valence-corrected chi connectivity index (χ2v) is 7.18. The van der Waals surface area contributed by atoms with Gasteiger partial charge in [-0.3, -0.25) is 14.4 Å². The topological polar surface area (TPSA) is 99.5 Å². The number of rotatable bonds is 8. The molecule has 0 aromatic heterocycles. The van der Waals surface area contributed by atoms with Gasteiger partial charge in [-0.15, -0.1) is 0 Å². The predicted octanol–water partition coefficient (Wildman–Crippen LogP) is 3.87. The highest BCUT2D eigenvalue weighted by atomic mass is 35.5. The minimum absolute atomic E-state index is 0.0874. The molecule has 2 amide bonds. The number of nitrogens with one attached hydrogen (secondary N) is 1. The molecule has 0 spiro atoms. The smallest absolute Gasteiger partial charge is 0.325 e. The SMILES string of the molecule is N#CCCN(C(=O)COC(=O)CNC(=O)c1ccc(Cl)cc1Cl)c1cccc(Cl)c1. The highest BCUT2D eigenvalue weighted by Gasteiger charge is 2.18. The van der Waals surface area contributed by atoms with Crippen molar-refractivity contribution in [3.05, 3.63) is 63.1 Å². The van der Waals surface area contributed by atoms with Crippen molar-refractivity contribution in [1.82, 2.24) is 5.32 Å². The molecule has 2 aromatic rings. The van der Waals surface area contributed by atoms with Gasteiger partial charge in [-0.2, -0.15) is 5.26 Å². The van der Waals surface area contributed by atoms with Crippen molar-refractivity contribution >= 4 is 58.3 Å². The van der Waals surface area contributed by atoms with E-state index in [1.807, 2.05) is 6.07 Å². The molecule has 0 saturated heterocycles. The summed E-state index contributed by atoms with van der Waals surface area (Å²) in [5, 5.41) is 12.1. The Morgan fingerprint density at radius 3 is 2.47 bits per heavy atom. The predicted molar refractivity (Wildman–Crippen MR) is 114 cm³/mol. The van der Waals surface area contributed by atoms with Crippen LogP contribution in [0.2, 0.25) is 15.1 Å². The Morgan fingerprint density at radius 2 is 1.80 bits per heavy atom. The minimum Gasteiger partial charge on any atom is -0.454 e. The molecule has 0 aliphatic heterocycles. The first kappa shape index (κ1) is 23.5. The van der Waals surface area contributed by atoms with Crippen LogP contribution in [-0.4, -0.2) is 37.5 Å². The lowest BCUT2D eigenvalue weighted by Crippen LogP contribution is -2.37. The fourth-order valence-corrected chi connectivity index (χ4v) is 3.07. The first-order valence-corrected chi connectivity index (χ1v) is 9.77. The number of esters is 1. The number of carbonyl (C=O) groups excluding carboxylic acids is 3. The van der Waals surface area contributed by atoms with Crippen LogP contribution in [0.3, 0.4) is 0 Å². The van der Waals surface area contributed by atoms with Gasteiger partial charge in [0.1, 0.15) is 6.54 Å². The van der Waals surface area contributed by atoms with Crippen LogP contribution >= 0.6 is 34.8 Å². The quantitative estimate of drug-likeness (QED) is 0.593. The highest BCUT2D eigenvalue weighted by Crippen LogP contribution is 2.21. The van der Waals surface area contributed by atoms with E-state index in [-0.39, 0.29) is 23.6 Å². The molecule has 0 heterocycles. The number of carbonyl (C=O) groups is 3. The number of anilines is 1. The van der Waals surface area contributed by atoms with Gasteiger partial charge in [-0.25, -0.2) is 0 Å². The summed E-state index contributed by atoms with van der Waals surface area (Å²) in [5.41, 5.74) is 0.623. The van der Waals surface area contributed by atoms with Gasteiger partial charge in [-0.1, -0.05) is 40.9 Å². The maximum absolute atomic E-state index is 12.5. The molecule has 0 saturated carbocycles. The van der Waals surface area contributed by atoms with Crippen molar-refractivity contribution in [3.8, 4) is 6.07 Å². The van der Waals surface area contributed by atoms with E-state index in [1.165, 1.54) is 23.1 Å². The maximum Gasteiger partial charge on any atom is 0.325 e. The minimum atomic E-state index is -0.812. The third-order valence-electron chi connectivity index (χ3n) is 3.79. The average Bonchev–Trinajstić information content (AvgIpc) is 2.70. The van der Waals surface area contributed by atoms with Crippen LogP contribution in [0, 0.1) is 11.3 Å². The van der Waals surface area contributed by atoms with Crippen LogP contribution < -0.4 is 10.2 Å². The van der Waals surface area contributed by atoms with Crippen molar-refractivity contribution in [3.63, 3.8) is 0 Å². The number of nitrogens with zero attached hydrogens (tertiary/aromatic N) is 2. The van der Waals surface area contributed by atoms with Crippen LogP contribution in [0.25, 0.3) is 0 Å². The van der Waals surface area contributed by atoms with Gasteiger partial charge in [0.15, 0.2) is 6.61 Å². The molecule has 10 heteroatoms. The van der Waals surface area contributed by atoms with Crippen LogP contribution in [-0.2, 0) is 14.3 Å². The van der Waals surface area contributed by atoms with E-state index < -0.39 is 30.9 Å². The van der Waals surface area contributed by atoms with E-state index >= 15 is 0 Å². The summed E-state index contributed by atoms with van der Waals surface area (Å²) >= 11 is 17.7. The average molecular weight is 469 g/mol. The zero-order chi connectivity index (χ0) is 22.1. The molecular formula is C20H16Cl3N3O4. The van der Waals surface area contributed by atoms with Crippen LogP contribution in [0.15, 0.2) is 42.5 Å². The molecular weight excluding hydrogens is 453 g/mol. The van der Waals surface area contributed by atoms with Crippen molar-refractivity contribution in [1.29, 1.82) is 5.26 Å². The fraction of sp³-hybridized carbons (Fsp3) is 0.200. The van der Waals surface area contributed by atoms with E-state index in [1.54, 1.807) is 24.3 Å². The molecule has 2 rings (SSSR count). The van der Waals surface area contributed by atoms with Crippen molar-refractivity contribution < 1.29 is 19.1 Å². The fourth-order valence-electron chi connectivity index (χ4n) is 2.40. The van der Waals surface area contributed by atoms with E-state index in [4.69, 9.17) is 44.8 Å². The summed E-state index contributed by atoms with van der Waals surface area (Å²) in [6, 6.07) is 12.8. The Bertz CT molecular complexity index is 992. The molecule has 0 unspecified atom stereocenters. The van der Waals surface area contributed by atoms with Crippen LogP contribution in [0.5, 0.6) is 0 Å². The first-order chi connectivity index (χ1) is 14.3. The van der Waals surface area contributed by atoms with E-state index in [2.05, 4.69) is 5.32 Å². The van der Waals surface area contributed by atoms with E-state index in [0.717, 1.165) is 0 Å². The van der Waals surface area contributed by atoms with Gasteiger partial charge < -0.3 is 15.0 Å². The van der Waals surface area contributed by atoms with Crippen LogP contribution in [0.1, 0.15) is 16.8 Å². The standard InChI is InChI=1S/C20H16Cl3N3O4/c21-13-3-1-4-15(9-13)26(8-2-7-24)18(27)12-30-19(28)11-25-20(29)16-6-5-14(22)10-17(16)23/h1,3-6,9-10H,2,8,11-12H2,(H,25,29). The largest absolute Gasteiger partial charge is 0.454 e. The summed E-state index contributed by atoms with van der Waals surface area (Å²) in [6.45, 7) is -0.909. The lowest BCUT2D eigenvalue weighted by atomic mass is 10.2. The molecule has 7 nitrogen and oxygen atoms in total. The second-order valence-electron chi connectivity index (χ2n) is 5.90. The Hall–Kier alpha value is -2.79. The zero-order valence-corrected chi connectivity index (χ0v) is 17.8. The monoisotopic (exact) mass is 467 g/mol. The molecule has 0 atom stereocenters. The number of nitriles is 1.